The molecule has 0 amide bonds. The van der Waals surface area contributed by atoms with Gasteiger partial charge in [-0.05, 0) is 22.3 Å². The molecule has 100 valence electrons. The summed E-state index contributed by atoms with van der Waals surface area (Å²) in [5.41, 5.74) is 4.87. The Hall–Kier alpha value is -0.980. The van der Waals surface area contributed by atoms with Crippen LogP contribution in [0.25, 0.3) is 0 Å². The molecule has 0 saturated heterocycles. The lowest BCUT2D eigenvalue weighted by atomic mass is 9.78. The van der Waals surface area contributed by atoms with Gasteiger partial charge in [0.1, 0.15) is 0 Å². The van der Waals surface area contributed by atoms with Crippen LogP contribution in [0.15, 0.2) is 48.5 Å². The Bertz CT molecular complexity index is 475. The summed E-state index contributed by atoms with van der Waals surface area (Å²) in [6.45, 7) is 4.47. The third-order valence-corrected chi connectivity index (χ3v) is 4.28. The van der Waals surface area contributed by atoms with Crippen LogP contribution in [0.4, 0.5) is 0 Å². The zero-order chi connectivity index (χ0) is 13.9. The molecule has 0 atom stereocenters. The van der Waals surface area contributed by atoms with Gasteiger partial charge in [0.2, 0.25) is 0 Å². The molecule has 2 aromatic carbocycles. The van der Waals surface area contributed by atoms with Crippen molar-refractivity contribution in [3.63, 3.8) is 0 Å². The number of benzene rings is 2. The fraction of sp³-hybridized carbons (Fsp3) is 0.294. The quantitative estimate of drug-likeness (QED) is 0.654. The van der Waals surface area contributed by atoms with E-state index in [0.29, 0.717) is 11.8 Å². The molecule has 2 heteroatoms. The lowest BCUT2D eigenvalue weighted by Crippen LogP contribution is -2.18. The van der Waals surface area contributed by atoms with E-state index >= 15 is 0 Å². The molecule has 0 aliphatic carbocycles. The second-order valence-corrected chi connectivity index (χ2v) is 5.82. The third-order valence-electron chi connectivity index (χ3n) is 3.66. The lowest BCUT2D eigenvalue weighted by molar-refractivity contribution is 0.640. The van der Waals surface area contributed by atoms with Gasteiger partial charge in [-0.15, -0.1) is 23.2 Å². The van der Waals surface area contributed by atoms with E-state index in [-0.39, 0.29) is 5.41 Å². The van der Waals surface area contributed by atoms with Crippen LogP contribution in [0.2, 0.25) is 0 Å². The molecule has 0 aromatic heterocycles. The van der Waals surface area contributed by atoms with Crippen LogP contribution in [-0.4, -0.2) is 0 Å². The van der Waals surface area contributed by atoms with E-state index in [0.717, 1.165) is 11.1 Å². The third kappa shape index (κ3) is 3.13. The van der Waals surface area contributed by atoms with Gasteiger partial charge in [0.15, 0.2) is 0 Å². The smallest absolute Gasteiger partial charge is 0.0474 e. The van der Waals surface area contributed by atoms with Crippen molar-refractivity contribution in [3.05, 3.63) is 70.8 Å². The fourth-order valence-electron chi connectivity index (χ4n) is 2.19. The average molecular weight is 293 g/mol. The molecule has 19 heavy (non-hydrogen) atoms. The molecule has 0 heterocycles. The second-order valence-electron chi connectivity index (χ2n) is 5.29. The van der Waals surface area contributed by atoms with Crippen molar-refractivity contribution in [2.75, 3.05) is 0 Å². The molecular formula is C17H18Cl2. The molecule has 0 N–H and O–H groups in total. The van der Waals surface area contributed by atoms with Gasteiger partial charge in [-0.3, -0.25) is 0 Å². The van der Waals surface area contributed by atoms with Crippen LogP contribution in [0, 0.1) is 0 Å². The normalized spacial score (nSPS) is 11.6. The lowest BCUT2D eigenvalue weighted by Gasteiger charge is -2.26. The Morgan fingerprint density at radius 1 is 0.684 bits per heavy atom. The molecule has 0 nitrogen and oxygen atoms in total. The molecule has 0 spiro atoms. The SMILES string of the molecule is CC(C)(c1ccc(CCl)cc1)c1ccc(CCl)cc1. The van der Waals surface area contributed by atoms with Gasteiger partial charge < -0.3 is 0 Å². The molecule has 2 aromatic rings. The Morgan fingerprint density at radius 2 is 1.00 bits per heavy atom. The van der Waals surface area contributed by atoms with Gasteiger partial charge in [-0.1, -0.05) is 62.4 Å². The minimum Gasteiger partial charge on any atom is -0.122 e. The molecule has 0 aliphatic rings. The van der Waals surface area contributed by atoms with Crippen molar-refractivity contribution >= 4 is 23.2 Å². The zero-order valence-corrected chi connectivity index (χ0v) is 12.8. The molecular weight excluding hydrogens is 275 g/mol. The maximum atomic E-state index is 5.83. The first-order valence-corrected chi connectivity index (χ1v) is 7.45. The van der Waals surface area contributed by atoms with Crippen LogP contribution >= 0.6 is 23.2 Å². The Balaban J connectivity index is 2.33. The summed E-state index contributed by atoms with van der Waals surface area (Å²) < 4.78 is 0. The molecule has 0 radical (unpaired) electrons. The number of halogens is 2. The largest absolute Gasteiger partial charge is 0.122 e. The molecule has 0 fully saturated rings. The van der Waals surface area contributed by atoms with Crippen LogP contribution in [0.5, 0.6) is 0 Å². The summed E-state index contributed by atoms with van der Waals surface area (Å²) in [5, 5.41) is 0. The molecule has 0 aliphatic heterocycles. The van der Waals surface area contributed by atoms with E-state index in [1.807, 2.05) is 0 Å². The topological polar surface area (TPSA) is 0 Å². The minimum absolute atomic E-state index is 0.0182. The summed E-state index contributed by atoms with van der Waals surface area (Å²) in [7, 11) is 0. The maximum absolute atomic E-state index is 5.83. The summed E-state index contributed by atoms with van der Waals surface area (Å²) in [4.78, 5) is 0. The van der Waals surface area contributed by atoms with E-state index in [9.17, 15) is 0 Å². The first-order valence-electron chi connectivity index (χ1n) is 6.38. The summed E-state index contributed by atoms with van der Waals surface area (Å²) >= 11 is 11.7. The van der Waals surface area contributed by atoms with Crippen molar-refractivity contribution in [3.8, 4) is 0 Å². The molecule has 2 rings (SSSR count). The van der Waals surface area contributed by atoms with E-state index in [1.165, 1.54) is 11.1 Å². The fourth-order valence-corrected chi connectivity index (χ4v) is 2.54. The number of rotatable bonds is 4. The number of hydrogen-bond donors (Lipinski definition) is 0. The summed E-state index contributed by atoms with van der Waals surface area (Å²) in [6, 6.07) is 17.0. The summed E-state index contributed by atoms with van der Waals surface area (Å²) in [6.07, 6.45) is 0. The van der Waals surface area contributed by atoms with Gasteiger partial charge in [-0.25, -0.2) is 0 Å². The highest BCUT2D eigenvalue weighted by Gasteiger charge is 2.22. The van der Waals surface area contributed by atoms with Crippen LogP contribution in [-0.2, 0) is 17.2 Å². The van der Waals surface area contributed by atoms with Gasteiger partial charge in [0.05, 0.1) is 0 Å². The first-order chi connectivity index (χ1) is 9.07. The van der Waals surface area contributed by atoms with Crippen molar-refractivity contribution in [1.82, 2.24) is 0 Å². The molecule has 0 saturated carbocycles. The second kappa shape index (κ2) is 5.98. The van der Waals surface area contributed by atoms with Gasteiger partial charge >= 0.3 is 0 Å². The maximum Gasteiger partial charge on any atom is 0.0474 e. The van der Waals surface area contributed by atoms with Crippen molar-refractivity contribution in [2.24, 2.45) is 0 Å². The van der Waals surface area contributed by atoms with Crippen LogP contribution in [0.3, 0.4) is 0 Å². The van der Waals surface area contributed by atoms with E-state index in [1.54, 1.807) is 0 Å². The number of alkyl halides is 2. The van der Waals surface area contributed by atoms with Crippen molar-refractivity contribution in [2.45, 2.75) is 31.0 Å². The van der Waals surface area contributed by atoms with Gasteiger partial charge in [0.25, 0.3) is 0 Å². The van der Waals surface area contributed by atoms with E-state index in [2.05, 4.69) is 62.4 Å². The van der Waals surface area contributed by atoms with Crippen LogP contribution < -0.4 is 0 Å². The summed E-state index contributed by atoms with van der Waals surface area (Å²) in [5.74, 6) is 1.12. The van der Waals surface area contributed by atoms with E-state index < -0.39 is 0 Å². The predicted octanol–water partition coefficient (Wildman–Crippen LogP) is 5.49. The highest BCUT2D eigenvalue weighted by atomic mass is 35.5. The Morgan fingerprint density at radius 3 is 1.26 bits per heavy atom. The minimum atomic E-state index is -0.0182. The van der Waals surface area contributed by atoms with Gasteiger partial charge in [-0.2, -0.15) is 0 Å². The molecule has 0 unspecified atom stereocenters. The standard InChI is InChI=1S/C17H18Cl2/c1-17(2,15-7-3-13(11-18)4-8-15)16-9-5-14(12-19)6-10-16/h3-10H,11-12H2,1-2H3. The van der Waals surface area contributed by atoms with Crippen molar-refractivity contribution in [1.29, 1.82) is 0 Å². The highest BCUT2D eigenvalue weighted by molar-refractivity contribution is 6.17. The van der Waals surface area contributed by atoms with E-state index in [4.69, 9.17) is 23.2 Å². The number of hydrogen-bond acceptors (Lipinski definition) is 0. The first kappa shape index (κ1) is 14.4. The van der Waals surface area contributed by atoms with Crippen molar-refractivity contribution < 1.29 is 0 Å². The monoisotopic (exact) mass is 292 g/mol. The average Bonchev–Trinajstić information content (AvgIpc) is 2.47. The Labute approximate surface area is 125 Å². The zero-order valence-electron chi connectivity index (χ0n) is 11.3. The highest BCUT2D eigenvalue weighted by Crippen LogP contribution is 2.31. The Kier molecular flexibility index (Phi) is 4.54. The van der Waals surface area contributed by atoms with Gasteiger partial charge in [0, 0.05) is 17.2 Å². The molecule has 0 bridgehead atoms. The predicted molar refractivity (Wildman–Crippen MR) is 84.1 cm³/mol. The van der Waals surface area contributed by atoms with Crippen LogP contribution in [0.1, 0.15) is 36.1 Å².